The van der Waals surface area contributed by atoms with E-state index in [9.17, 15) is 4.79 Å². The van der Waals surface area contributed by atoms with Crippen LogP contribution in [-0.2, 0) is 4.79 Å². The predicted molar refractivity (Wildman–Crippen MR) is 96.3 cm³/mol. The molecule has 0 radical (unpaired) electrons. The Kier molecular flexibility index (Phi) is 5.17. The minimum Gasteiger partial charge on any atom is -0.497 e. The normalized spacial score (nSPS) is 10.4. The monoisotopic (exact) mass is 353 g/mol. The molecular weight excluding hydrogens is 334 g/mol. The number of amides is 1. The molecule has 0 aliphatic heterocycles. The van der Waals surface area contributed by atoms with Gasteiger partial charge in [0.05, 0.1) is 7.11 Å². The van der Waals surface area contributed by atoms with E-state index in [2.05, 4.69) is 21.6 Å². The number of carbonyl (C=O) groups excluding carboxylic acids is 1. The molecular formula is C19H19N3O4. The summed E-state index contributed by atoms with van der Waals surface area (Å²) in [6, 6.07) is 12.9. The number of nitrogens with one attached hydrogen (secondary N) is 1. The number of anilines is 1. The second kappa shape index (κ2) is 7.69. The smallest absolute Gasteiger partial charge is 0.322 e. The van der Waals surface area contributed by atoms with E-state index in [1.54, 1.807) is 31.4 Å². The van der Waals surface area contributed by atoms with Gasteiger partial charge in [-0.25, -0.2) is 0 Å². The number of hydrogen-bond donors (Lipinski definition) is 1. The van der Waals surface area contributed by atoms with Crippen molar-refractivity contribution in [2.24, 2.45) is 0 Å². The molecule has 0 aliphatic carbocycles. The molecule has 0 saturated heterocycles. The zero-order chi connectivity index (χ0) is 18.5. The maximum absolute atomic E-state index is 12.0. The van der Waals surface area contributed by atoms with E-state index in [0.717, 1.165) is 16.7 Å². The van der Waals surface area contributed by atoms with E-state index in [4.69, 9.17) is 13.9 Å². The molecule has 3 aromatic rings. The molecule has 0 unspecified atom stereocenters. The van der Waals surface area contributed by atoms with E-state index in [0.29, 0.717) is 17.4 Å². The standard InChI is InChI=1S/C19H19N3O4/c1-12-8-13(2)10-14(9-12)18-21-22-19(26-18)20-17(23)11-25-16-6-4-15(24-3)5-7-16/h4-10H,11H2,1-3H3,(H,20,22,23). The number of hydrogen-bond acceptors (Lipinski definition) is 6. The van der Waals surface area contributed by atoms with Crippen LogP contribution in [-0.4, -0.2) is 29.8 Å². The Bertz CT molecular complexity index is 883. The molecule has 1 N–H and O–H groups in total. The Hall–Kier alpha value is -3.35. The molecule has 1 aromatic heterocycles. The molecule has 0 saturated carbocycles. The number of benzene rings is 2. The van der Waals surface area contributed by atoms with Crippen LogP contribution in [0.2, 0.25) is 0 Å². The molecule has 0 spiro atoms. The van der Waals surface area contributed by atoms with Crippen LogP contribution in [0.1, 0.15) is 11.1 Å². The van der Waals surface area contributed by atoms with Crippen molar-refractivity contribution in [1.82, 2.24) is 10.2 Å². The van der Waals surface area contributed by atoms with Gasteiger partial charge in [-0.3, -0.25) is 10.1 Å². The lowest BCUT2D eigenvalue weighted by molar-refractivity contribution is -0.118. The fourth-order valence-corrected chi connectivity index (χ4v) is 2.46. The molecule has 0 aliphatic rings. The SMILES string of the molecule is COc1ccc(OCC(=O)Nc2nnc(-c3cc(C)cc(C)c3)o2)cc1. The van der Waals surface area contributed by atoms with Crippen LogP contribution in [0.3, 0.4) is 0 Å². The minimum absolute atomic E-state index is 0.0301. The summed E-state index contributed by atoms with van der Waals surface area (Å²) >= 11 is 0. The topological polar surface area (TPSA) is 86.5 Å². The maximum Gasteiger partial charge on any atom is 0.322 e. The first-order chi connectivity index (χ1) is 12.5. The average molecular weight is 353 g/mol. The van der Waals surface area contributed by atoms with Crippen LogP contribution in [0.5, 0.6) is 11.5 Å². The van der Waals surface area contributed by atoms with Crippen molar-refractivity contribution in [3.05, 3.63) is 53.6 Å². The van der Waals surface area contributed by atoms with Crippen molar-refractivity contribution >= 4 is 11.9 Å². The van der Waals surface area contributed by atoms with Gasteiger partial charge in [0, 0.05) is 5.56 Å². The second-order valence-corrected chi connectivity index (χ2v) is 5.80. The number of ether oxygens (including phenoxy) is 2. The van der Waals surface area contributed by atoms with Gasteiger partial charge in [0.15, 0.2) is 6.61 Å². The summed E-state index contributed by atoms with van der Waals surface area (Å²) in [5.74, 6) is 1.23. The Morgan fingerprint density at radius 3 is 2.35 bits per heavy atom. The van der Waals surface area contributed by atoms with Crippen molar-refractivity contribution in [2.75, 3.05) is 19.0 Å². The zero-order valence-electron chi connectivity index (χ0n) is 14.8. The highest BCUT2D eigenvalue weighted by Crippen LogP contribution is 2.22. The molecule has 26 heavy (non-hydrogen) atoms. The molecule has 2 aromatic carbocycles. The second-order valence-electron chi connectivity index (χ2n) is 5.80. The Morgan fingerprint density at radius 2 is 1.69 bits per heavy atom. The number of carbonyl (C=O) groups is 1. The minimum atomic E-state index is -0.392. The van der Waals surface area contributed by atoms with E-state index in [1.807, 2.05) is 26.0 Å². The lowest BCUT2D eigenvalue weighted by Gasteiger charge is -2.06. The number of aromatic nitrogens is 2. The van der Waals surface area contributed by atoms with Gasteiger partial charge >= 0.3 is 6.01 Å². The highest BCUT2D eigenvalue weighted by Gasteiger charge is 2.12. The lowest BCUT2D eigenvalue weighted by Crippen LogP contribution is -2.20. The van der Waals surface area contributed by atoms with E-state index in [-0.39, 0.29) is 12.6 Å². The van der Waals surface area contributed by atoms with Gasteiger partial charge in [0.2, 0.25) is 5.89 Å². The summed E-state index contributed by atoms with van der Waals surface area (Å²) < 4.78 is 16.0. The van der Waals surface area contributed by atoms with E-state index >= 15 is 0 Å². The quantitative estimate of drug-likeness (QED) is 0.731. The van der Waals surface area contributed by atoms with Crippen molar-refractivity contribution in [1.29, 1.82) is 0 Å². The molecule has 0 atom stereocenters. The molecule has 7 nitrogen and oxygen atoms in total. The summed E-state index contributed by atoms with van der Waals surface area (Å²) in [6.45, 7) is 3.81. The Balaban J connectivity index is 1.58. The van der Waals surface area contributed by atoms with Crippen LogP contribution in [0.4, 0.5) is 6.01 Å². The summed E-state index contributed by atoms with van der Waals surface area (Å²) in [7, 11) is 1.58. The first-order valence-electron chi connectivity index (χ1n) is 8.02. The average Bonchev–Trinajstić information content (AvgIpc) is 3.08. The molecule has 1 amide bonds. The predicted octanol–water partition coefficient (Wildman–Crippen LogP) is 3.38. The van der Waals surface area contributed by atoms with E-state index < -0.39 is 5.91 Å². The van der Waals surface area contributed by atoms with Crippen LogP contribution in [0.25, 0.3) is 11.5 Å². The number of rotatable bonds is 6. The van der Waals surface area contributed by atoms with Crippen molar-refractivity contribution in [3.63, 3.8) is 0 Å². The Morgan fingerprint density at radius 1 is 1.04 bits per heavy atom. The molecule has 3 rings (SSSR count). The van der Waals surface area contributed by atoms with Gasteiger partial charge in [-0.15, -0.1) is 5.10 Å². The third kappa shape index (κ3) is 4.38. The lowest BCUT2D eigenvalue weighted by atomic mass is 10.1. The zero-order valence-corrected chi connectivity index (χ0v) is 14.8. The first kappa shape index (κ1) is 17.5. The summed E-state index contributed by atoms with van der Waals surface area (Å²) in [5.41, 5.74) is 3.00. The van der Waals surface area contributed by atoms with Crippen molar-refractivity contribution in [3.8, 4) is 23.0 Å². The summed E-state index contributed by atoms with van der Waals surface area (Å²) in [6.07, 6.45) is 0. The highest BCUT2D eigenvalue weighted by atomic mass is 16.5. The molecule has 134 valence electrons. The van der Waals surface area contributed by atoms with Crippen LogP contribution < -0.4 is 14.8 Å². The van der Waals surface area contributed by atoms with Gasteiger partial charge in [-0.1, -0.05) is 22.3 Å². The third-order valence-electron chi connectivity index (χ3n) is 3.57. The van der Waals surface area contributed by atoms with Crippen molar-refractivity contribution in [2.45, 2.75) is 13.8 Å². The summed E-state index contributed by atoms with van der Waals surface area (Å²) in [4.78, 5) is 12.0. The molecule has 1 heterocycles. The molecule has 7 heteroatoms. The molecule has 0 bridgehead atoms. The first-order valence-corrected chi connectivity index (χ1v) is 8.02. The van der Waals surface area contributed by atoms with Gasteiger partial charge < -0.3 is 13.9 Å². The van der Waals surface area contributed by atoms with Crippen LogP contribution in [0, 0.1) is 13.8 Å². The largest absolute Gasteiger partial charge is 0.497 e. The highest BCUT2D eigenvalue weighted by molar-refractivity contribution is 5.89. The fraction of sp³-hybridized carbons (Fsp3) is 0.211. The molecule has 0 fully saturated rings. The fourth-order valence-electron chi connectivity index (χ4n) is 2.46. The van der Waals surface area contributed by atoms with Crippen LogP contribution >= 0.6 is 0 Å². The van der Waals surface area contributed by atoms with Crippen molar-refractivity contribution < 1.29 is 18.7 Å². The third-order valence-corrected chi connectivity index (χ3v) is 3.57. The number of methoxy groups -OCH3 is 1. The van der Waals surface area contributed by atoms with E-state index in [1.165, 1.54) is 0 Å². The van der Waals surface area contributed by atoms with Gasteiger partial charge in [-0.2, -0.15) is 0 Å². The number of aryl methyl sites for hydroxylation is 2. The van der Waals surface area contributed by atoms with Gasteiger partial charge in [0.1, 0.15) is 11.5 Å². The van der Waals surface area contributed by atoms with Gasteiger partial charge in [0.25, 0.3) is 5.91 Å². The Labute approximate surface area is 151 Å². The van der Waals surface area contributed by atoms with Gasteiger partial charge in [-0.05, 0) is 50.2 Å². The summed E-state index contributed by atoms with van der Waals surface area (Å²) in [5, 5.41) is 10.3. The van der Waals surface area contributed by atoms with Crippen LogP contribution in [0.15, 0.2) is 46.9 Å². The number of nitrogens with zero attached hydrogens (tertiary/aromatic N) is 2. The maximum atomic E-state index is 12.0.